The fraction of sp³-hybridized carbons (Fsp3) is 0.348. The number of benzene rings is 2. The summed E-state index contributed by atoms with van der Waals surface area (Å²) >= 11 is 0. The van der Waals surface area contributed by atoms with Crippen LogP contribution >= 0.6 is 0 Å². The molecule has 0 fully saturated rings. The fourth-order valence-corrected chi connectivity index (χ4v) is 3.17. The smallest absolute Gasteiger partial charge is 0.387 e. The highest BCUT2D eigenvalue weighted by molar-refractivity contribution is 5.70. The molecule has 3 aromatic rings. The third-order valence-electron chi connectivity index (χ3n) is 4.80. The Labute approximate surface area is 199 Å². The Morgan fingerprint density at radius 2 is 1.63 bits per heavy atom. The normalized spacial score (nSPS) is 10.7. The van der Waals surface area contributed by atoms with Crippen LogP contribution in [-0.2, 0) is 22.6 Å². The van der Waals surface area contributed by atoms with Crippen LogP contribution in [0, 0.1) is 0 Å². The summed E-state index contributed by atoms with van der Waals surface area (Å²) in [5.41, 5.74) is 1.23. The quantitative estimate of drug-likeness (QED) is 0.342. The summed E-state index contributed by atoms with van der Waals surface area (Å²) in [6.07, 6.45) is 0.458. The lowest BCUT2D eigenvalue weighted by atomic mass is 10.1. The number of hydrogen-bond acceptors (Lipinski definition) is 10. The van der Waals surface area contributed by atoms with Gasteiger partial charge in [-0.15, -0.1) is 0 Å². The van der Waals surface area contributed by atoms with Crippen molar-refractivity contribution in [3.63, 3.8) is 0 Å². The Bertz CT molecular complexity index is 1130. The van der Waals surface area contributed by atoms with Gasteiger partial charge in [0.1, 0.15) is 0 Å². The molecule has 0 radical (unpaired) electrons. The van der Waals surface area contributed by atoms with Crippen molar-refractivity contribution in [2.24, 2.45) is 0 Å². The predicted octanol–water partition coefficient (Wildman–Crippen LogP) is 4.05. The van der Waals surface area contributed by atoms with E-state index in [0.717, 1.165) is 5.56 Å². The van der Waals surface area contributed by atoms with E-state index in [1.807, 2.05) is 0 Å². The molecule has 2 aromatic carbocycles. The number of rotatable bonds is 12. The molecule has 0 aliphatic carbocycles. The maximum atomic E-state index is 12.5. The van der Waals surface area contributed by atoms with Crippen molar-refractivity contribution in [1.82, 2.24) is 10.1 Å². The number of alkyl halides is 2. The zero-order chi connectivity index (χ0) is 25.4. The lowest BCUT2D eigenvalue weighted by Crippen LogP contribution is -2.06. The van der Waals surface area contributed by atoms with E-state index in [-0.39, 0.29) is 36.2 Å². The molecule has 3 rings (SSSR count). The highest BCUT2D eigenvalue weighted by atomic mass is 19.3. The number of halogens is 2. The number of methoxy groups -OCH3 is 4. The Morgan fingerprint density at radius 3 is 2.23 bits per heavy atom. The number of carbonyl (C=O) groups is 1. The van der Waals surface area contributed by atoms with E-state index >= 15 is 0 Å². The molecule has 0 N–H and O–H groups in total. The minimum absolute atomic E-state index is 0.0630. The summed E-state index contributed by atoms with van der Waals surface area (Å²) in [6, 6.07) is 7.71. The fourth-order valence-electron chi connectivity index (χ4n) is 3.17. The van der Waals surface area contributed by atoms with Crippen molar-refractivity contribution >= 4 is 5.97 Å². The van der Waals surface area contributed by atoms with Crippen LogP contribution in [0.4, 0.5) is 8.78 Å². The predicted molar refractivity (Wildman–Crippen MR) is 117 cm³/mol. The number of nitrogens with zero attached hydrogens (tertiary/aromatic N) is 2. The second-order valence-corrected chi connectivity index (χ2v) is 6.95. The number of esters is 1. The van der Waals surface area contributed by atoms with Crippen LogP contribution in [0.25, 0.3) is 11.4 Å². The number of carbonyl (C=O) groups excluding carboxylic acids is 1. The molecule has 1 heterocycles. The van der Waals surface area contributed by atoms with Crippen molar-refractivity contribution in [3.8, 4) is 40.1 Å². The van der Waals surface area contributed by atoms with E-state index < -0.39 is 12.6 Å². The number of hydrogen-bond donors (Lipinski definition) is 0. The molecule has 12 heteroatoms. The molecule has 0 amide bonds. The molecule has 0 saturated heterocycles. The van der Waals surface area contributed by atoms with Gasteiger partial charge in [-0.2, -0.15) is 13.8 Å². The summed E-state index contributed by atoms with van der Waals surface area (Å²) in [4.78, 5) is 16.4. The van der Waals surface area contributed by atoms with Gasteiger partial charge < -0.3 is 32.9 Å². The first-order valence-electron chi connectivity index (χ1n) is 10.3. The Morgan fingerprint density at radius 1 is 0.943 bits per heavy atom. The van der Waals surface area contributed by atoms with Gasteiger partial charge in [-0.25, -0.2) is 0 Å². The van der Waals surface area contributed by atoms with Crippen LogP contribution in [0.5, 0.6) is 28.7 Å². The zero-order valence-corrected chi connectivity index (χ0v) is 19.5. The van der Waals surface area contributed by atoms with Crippen LogP contribution in [0.1, 0.15) is 17.9 Å². The summed E-state index contributed by atoms with van der Waals surface area (Å²) in [7, 11) is 5.84. The molecule has 1 aromatic heterocycles. The molecule has 10 nitrogen and oxygen atoms in total. The van der Waals surface area contributed by atoms with Gasteiger partial charge in [0.2, 0.25) is 11.6 Å². The third-order valence-corrected chi connectivity index (χ3v) is 4.80. The first-order valence-corrected chi connectivity index (χ1v) is 10.3. The van der Waals surface area contributed by atoms with E-state index in [1.165, 1.54) is 46.6 Å². The SMILES string of the molecule is COc1cc(-c2noc(COC(=O)CCc3cc(OC)c(OC)c(OC)c3)n2)ccc1OC(F)F. The second-order valence-electron chi connectivity index (χ2n) is 6.95. The standard InChI is InChI=1S/C23H24F2N2O8/c1-29-16-11-14(6-7-15(16)34-23(24)25)22-26-19(35-27-22)12-33-20(28)8-5-13-9-17(30-2)21(32-4)18(10-13)31-3/h6-7,9-11,23H,5,8,12H2,1-4H3. The largest absolute Gasteiger partial charge is 0.493 e. The van der Waals surface area contributed by atoms with Crippen LogP contribution in [-0.4, -0.2) is 51.2 Å². The monoisotopic (exact) mass is 494 g/mol. The molecule has 0 aliphatic heterocycles. The summed E-state index contributed by atoms with van der Waals surface area (Å²) in [6.45, 7) is -3.22. The molecular weight excluding hydrogens is 470 g/mol. The molecule has 0 aliphatic rings. The van der Waals surface area contributed by atoms with Gasteiger partial charge in [0.15, 0.2) is 29.6 Å². The molecule has 35 heavy (non-hydrogen) atoms. The van der Waals surface area contributed by atoms with Crippen molar-refractivity contribution < 1.29 is 46.5 Å². The van der Waals surface area contributed by atoms with Crippen molar-refractivity contribution in [3.05, 3.63) is 41.8 Å². The molecular formula is C23H24F2N2O8. The Hall–Kier alpha value is -4.09. The van der Waals surface area contributed by atoms with E-state index in [1.54, 1.807) is 12.1 Å². The van der Waals surface area contributed by atoms with Crippen molar-refractivity contribution in [2.45, 2.75) is 26.1 Å². The number of aryl methyl sites for hydroxylation is 1. The average Bonchev–Trinajstić information content (AvgIpc) is 3.34. The first kappa shape index (κ1) is 25.5. The van der Waals surface area contributed by atoms with Gasteiger partial charge in [0, 0.05) is 12.0 Å². The summed E-state index contributed by atoms with van der Waals surface area (Å²) in [5.74, 6) is 1.13. The molecule has 0 atom stereocenters. The van der Waals surface area contributed by atoms with Gasteiger partial charge in [-0.05, 0) is 42.3 Å². The topological polar surface area (TPSA) is 111 Å². The minimum Gasteiger partial charge on any atom is -0.493 e. The van der Waals surface area contributed by atoms with Gasteiger partial charge in [0.05, 0.1) is 28.4 Å². The zero-order valence-electron chi connectivity index (χ0n) is 19.5. The van der Waals surface area contributed by atoms with Crippen molar-refractivity contribution in [2.75, 3.05) is 28.4 Å². The molecule has 0 unspecified atom stereocenters. The van der Waals surface area contributed by atoms with E-state index in [9.17, 15) is 13.6 Å². The Kier molecular flexibility index (Phi) is 8.65. The highest BCUT2D eigenvalue weighted by Crippen LogP contribution is 2.38. The summed E-state index contributed by atoms with van der Waals surface area (Å²) in [5, 5.41) is 3.82. The van der Waals surface area contributed by atoms with Gasteiger partial charge >= 0.3 is 12.6 Å². The first-order chi connectivity index (χ1) is 16.9. The lowest BCUT2D eigenvalue weighted by molar-refractivity contribution is -0.145. The van der Waals surface area contributed by atoms with E-state index in [0.29, 0.717) is 29.2 Å². The molecule has 188 valence electrons. The Balaban J connectivity index is 1.58. The van der Waals surface area contributed by atoms with E-state index in [4.69, 9.17) is 28.2 Å². The summed E-state index contributed by atoms with van der Waals surface area (Å²) < 4.78 is 60.7. The third kappa shape index (κ3) is 6.49. The van der Waals surface area contributed by atoms with Crippen molar-refractivity contribution in [1.29, 1.82) is 0 Å². The van der Waals surface area contributed by atoms with Crippen LogP contribution in [0.15, 0.2) is 34.9 Å². The highest BCUT2D eigenvalue weighted by Gasteiger charge is 2.17. The van der Waals surface area contributed by atoms with Crippen LogP contribution in [0.2, 0.25) is 0 Å². The van der Waals surface area contributed by atoms with Crippen LogP contribution in [0.3, 0.4) is 0 Å². The maximum Gasteiger partial charge on any atom is 0.387 e. The minimum atomic E-state index is -2.99. The lowest BCUT2D eigenvalue weighted by Gasteiger charge is -2.14. The molecule has 0 bridgehead atoms. The van der Waals surface area contributed by atoms with Gasteiger partial charge in [-0.3, -0.25) is 4.79 Å². The molecule has 0 saturated carbocycles. The second kappa shape index (κ2) is 11.9. The van der Waals surface area contributed by atoms with Crippen LogP contribution < -0.4 is 23.7 Å². The molecule has 0 spiro atoms. The average molecular weight is 494 g/mol. The number of ether oxygens (including phenoxy) is 6. The van der Waals surface area contributed by atoms with Gasteiger partial charge in [0.25, 0.3) is 5.89 Å². The van der Waals surface area contributed by atoms with Gasteiger partial charge in [-0.1, -0.05) is 5.16 Å². The maximum absolute atomic E-state index is 12.5. The van der Waals surface area contributed by atoms with E-state index in [2.05, 4.69) is 14.9 Å². The number of aromatic nitrogens is 2.